The van der Waals surface area contributed by atoms with Gasteiger partial charge in [0, 0.05) is 18.5 Å². The number of benzene rings is 1. The largest absolute Gasteiger partial charge is 0.335 e. The van der Waals surface area contributed by atoms with Gasteiger partial charge < -0.3 is 10.6 Å². The first kappa shape index (κ1) is 14.6. The molecule has 2 aliphatic carbocycles. The Balaban J connectivity index is 1.72. The topological polar surface area (TPSA) is 46.3 Å². The van der Waals surface area contributed by atoms with Gasteiger partial charge in [0.05, 0.1) is 0 Å². The maximum absolute atomic E-state index is 13.0. The minimum atomic E-state index is 0.160. The molecule has 2 fully saturated rings. The zero-order valence-electron chi connectivity index (χ0n) is 12.7. The molecule has 2 atom stereocenters. The lowest BCUT2D eigenvalue weighted by atomic mass is 9.78. The fourth-order valence-electron chi connectivity index (χ4n) is 3.58. The molecule has 2 saturated carbocycles. The minimum absolute atomic E-state index is 0.160. The second kappa shape index (κ2) is 6.61. The van der Waals surface area contributed by atoms with Crippen LogP contribution in [0.25, 0.3) is 0 Å². The molecule has 2 N–H and O–H groups in total. The van der Waals surface area contributed by atoms with E-state index in [0.29, 0.717) is 24.4 Å². The van der Waals surface area contributed by atoms with Gasteiger partial charge in [0.25, 0.3) is 0 Å². The smallest absolute Gasteiger partial charge is 0.226 e. The van der Waals surface area contributed by atoms with Crippen LogP contribution < -0.4 is 5.73 Å². The van der Waals surface area contributed by atoms with E-state index in [1.165, 1.54) is 31.2 Å². The summed E-state index contributed by atoms with van der Waals surface area (Å²) in [4.78, 5) is 15.2. The summed E-state index contributed by atoms with van der Waals surface area (Å²) in [7, 11) is 0. The first-order valence-corrected chi connectivity index (χ1v) is 8.34. The highest BCUT2D eigenvalue weighted by Crippen LogP contribution is 2.35. The van der Waals surface area contributed by atoms with Gasteiger partial charge in [-0.1, -0.05) is 43.2 Å². The quantitative estimate of drug-likeness (QED) is 0.904. The van der Waals surface area contributed by atoms with Crippen molar-refractivity contribution in [3.05, 3.63) is 35.9 Å². The zero-order chi connectivity index (χ0) is 14.7. The molecule has 0 radical (unpaired) electrons. The van der Waals surface area contributed by atoms with Crippen LogP contribution in [0.3, 0.4) is 0 Å². The van der Waals surface area contributed by atoms with Crippen LogP contribution in [-0.4, -0.2) is 23.4 Å². The van der Waals surface area contributed by atoms with Gasteiger partial charge in [-0.05, 0) is 43.7 Å². The number of nitrogens with zero attached hydrogens (tertiary/aromatic N) is 1. The molecule has 3 heteroatoms. The Morgan fingerprint density at radius 1 is 1.10 bits per heavy atom. The molecule has 2 aliphatic rings. The Kier molecular flexibility index (Phi) is 4.59. The van der Waals surface area contributed by atoms with Crippen molar-refractivity contribution >= 4 is 5.91 Å². The van der Waals surface area contributed by atoms with Gasteiger partial charge in [0.1, 0.15) is 0 Å². The molecule has 1 amide bonds. The maximum atomic E-state index is 13.0. The van der Waals surface area contributed by atoms with Crippen molar-refractivity contribution in [1.29, 1.82) is 0 Å². The Bertz CT molecular complexity index is 469. The van der Waals surface area contributed by atoms with Gasteiger partial charge in [-0.15, -0.1) is 0 Å². The highest BCUT2D eigenvalue weighted by atomic mass is 16.2. The van der Waals surface area contributed by atoms with Crippen molar-refractivity contribution in [2.75, 3.05) is 6.54 Å². The van der Waals surface area contributed by atoms with Gasteiger partial charge >= 0.3 is 0 Å². The van der Waals surface area contributed by atoms with Crippen LogP contribution in [-0.2, 0) is 11.3 Å². The lowest BCUT2D eigenvalue weighted by Crippen LogP contribution is -2.43. The molecular formula is C18H26N2O. The number of rotatable bonds is 5. The lowest BCUT2D eigenvalue weighted by Gasteiger charge is -2.34. The normalized spacial score (nSPS) is 25.6. The van der Waals surface area contributed by atoms with E-state index in [0.717, 1.165) is 19.4 Å². The Morgan fingerprint density at radius 3 is 2.48 bits per heavy atom. The summed E-state index contributed by atoms with van der Waals surface area (Å²) in [5, 5.41) is 0. The van der Waals surface area contributed by atoms with Crippen LogP contribution in [0.5, 0.6) is 0 Å². The summed E-state index contributed by atoms with van der Waals surface area (Å²) in [6.07, 6.45) is 6.89. The van der Waals surface area contributed by atoms with E-state index >= 15 is 0 Å². The molecule has 21 heavy (non-hydrogen) atoms. The van der Waals surface area contributed by atoms with Crippen molar-refractivity contribution in [2.45, 2.75) is 51.1 Å². The summed E-state index contributed by atoms with van der Waals surface area (Å²) in [5.74, 6) is 0.910. The van der Waals surface area contributed by atoms with E-state index in [-0.39, 0.29) is 5.92 Å². The Hall–Kier alpha value is -1.35. The van der Waals surface area contributed by atoms with Crippen molar-refractivity contribution in [3.8, 4) is 0 Å². The summed E-state index contributed by atoms with van der Waals surface area (Å²) in [6.45, 7) is 1.42. The van der Waals surface area contributed by atoms with Crippen LogP contribution in [0.4, 0.5) is 0 Å². The monoisotopic (exact) mass is 286 g/mol. The van der Waals surface area contributed by atoms with Crippen molar-refractivity contribution in [1.82, 2.24) is 4.90 Å². The molecule has 0 bridgehead atoms. The van der Waals surface area contributed by atoms with E-state index < -0.39 is 0 Å². The second-order valence-electron chi connectivity index (χ2n) is 6.57. The molecular weight excluding hydrogens is 260 g/mol. The van der Waals surface area contributed by atoms with Crippen molar-refractivity contribution < 1.29 is 4.79 Å². The van der Waals surface area contributed by atoms with Crippen LogP contribution in [0.1, 0.15) is 44.1 Å². The van der Waals surface area contributed by atoms with E-state index in [9.17, 15) is 4.79 Å². The van der Waals surface area contributed by atoms with Gasteiger partial charge in [0.2, 0.25) is 5.91 Å². The van der Waals surface area contributed by atoms with E-state index in [4.69, 9.17) is 5.73 Å². The number of hydrogen-bond acceptors (Lipinski definition) is 2. The average molecular weight is 286 g/mol. The molecule has 0 aliphatic heterocycles. The van der Waals surface area contributed by atoms with E-state index in [1.54, 1.807) is 0 Å². The highest BCUT2D eigenvalue weighted by Gasteiger charge is 2.39. The fourth-order valence-corrected chi connectivity index (χ4v) is 3.58. The molecule has 3 rings (SSSR count). The zero-order valence-corrected chi connectivity index (χ0v) is 12.7. The second-order valence-corrected chi connectivity index (χ2v) is 6.57. The predicted molar refractivity (Wildman–Crippen MR) is 84.5 cm³/mol. The maximum Gasteiger partial charge on any atom is 0.226 e. The van der Waals surface area contributed by atoms with Crippen molar-refractivity contribution in [2.24, 2.45) is 17.6 Å². The van der Waals surface area contributed by atoms with E-state index in [1.807, 2.05) is 18.2 Å². The third-order valence-electron chi connectivity index (χ3n) is 5.00. The summed E-state index contributed by atoms with van der Waals surface area (Å²) >= 11 is 0. The molecule has 3 nitrogen and oxygen atoms in total. The molecule has 1 aromatic carbocycles. The van der Waals surface area contributed by atoms with Crippen molar-refractivity contribution in [3.63, 3.8) is 0 Å². The van der Waals surface area contributed by atoms with Crippen LogP contribution in [0, 0.1) is 11.8 Å². The Morgan fingerprint density at radius 2 is 1.81 bits per heavy atom. The Labute approximate surface area is 127 Å². The molecule has 0 spiro atoms. The third kappa shape index (κ3) is 3.46. The standard InChI is InChI=1S/C18H26N2O/c19-12-15-8-4-5-9-17(15)18(21)20(16-10-11-16)13-14-6-2-1-3-7-14/h1-3,6-7,15-17H,4-5,8-13,19H2. The van der Waals surface area contributed by atoms with Crippen LogP contribution in [0.2, 0.25) is 0 Å². The average Bonchev–Trinajstić information content (AvgIpc) is 3.37. The summed E-state index contributed by atoms with van der Waals surface area (Å²) in [6, 6.07) is 10.8. The first-order valence-electron chi connectivity index (χ1n) is 8.34. The van der Waals surface area contributed by atoms with Gasteiger partial charge in [0.15, 0.2) is 0 Å². The number of amides is 1. The fraction of sp³-hybridized carbons (Fsp3) is 0.611. The molecule has 0 heterocycles. The number of hydrogen-bond donors (Lipinski definition) is 1. The molecule has 2 unspecified atom stereocenters. The molecule has 1 aromatic rings. The van der Waals surface area contributed by atoms with Gasteiger partial charge in [-0.3, -0.25) is 4.79 Å². The highest BCUT2D eigenvalue weighted by molar-refractivity contribution is 5.80. The van der Waals surface area contributed by atoms with E-state index in [2.05, 4.69) is 17.0 Å². The number of carbonyl (C=O) groups excluding carboxylic acids is 1. The van der Waals surface area contributed by atoms with Crippen LogP contribution in [0.15, 0.2) is 30.3 Å². The van der Waals surface area contributed by atoms with Gasteiger partial charge in [-0.2, -0.15) is 0 Å². The summed E-state index contributed by atoms with van der Waals surface area (Å²) in [5.41, 5.74) is 7.14. The predicted octanol–water partition coefficient (Wildman–Crippen LogP) is 2.94. The minimum Gasteiger partial charge on any atom is -0.335 e. The molecule has 0 saturated heterocycles. The SMILES string of the molecule is NCC1CCCCC1C(=O)N(Cc1ccccc1)C1CC1. The van der Waals surface area contributed by atoms with Gasteiger partial charge in [-0.25, -0.2) is 0 Å². The number of carbonyl (C=O) groups is 1. The number of nitrogens with two attached hydrogens (primary N) is 1. The first-order chi connectivity index (χ1) is 10.3. The van der Waals surface area contributed by atoms with Crippen LogP contribution >= 0.6 is 0 Å². The third-order valence-corrected chi connectivity index (χ3v) is 5.00. The molecule has 114 valence electrons. The summed E-state index contributed by atoms with van der Waals surface area (Å²) < 4.78 is 0. The lowest BCUT2D eigenvalue weighted by molar-refractivity contribution is -0.139. The molecule has 0 aromatic heterocycles.